The van der Waals surface area contributed by atoms with E-state index in [1.807, 2.05) is 4.72 Å². The van der Waals surface area contributed by atoms with E-state index in [9.17, 15) is 26.4 Å². The largest absolute Gasteiger partial charge is 0.454 e. The molecule has 31 heavy (non-hydrogen) atoms. The lowest BCUT2D eigenvalue weighted by Gasteiger charge is -2.13. The standard InChI is InChI=1S/C20H13F3N2O5S/c21-13-6-8-17(19(23)18(13)22)31(27,28)25-14-4-2-1-3-12(14)20(26)24-11-5-7-15-16(9-11)30-10-29-15/h1-9,25H,10H2,(H,24,26). The molecular weight excluding hydrogens is 437 g/mol. The summed E-state index contributed by atoms with van der Waals surface area (Å²) in [4.78, 5) is 11.6. The van der Waals surface area contributed by atoms with Crippen LogP contribution >= 0.6 is 0 Å². The number of para-hydroxylation sites is 1. The summed E-state index contributed by atoms with van der Waals surface area (Å²) < 4.78 is 78.1. The second kappa shape index (κ2) is 7.84. The Morgan fingerprint density at radius 1 is 0.903 bits per heavy atom. The fourth-order valence-corrected chi connectivity index (χ4v) is 4.01. The minimum absolute atomic E-state index is 0.0535. The van der Waals surface area contributed by atoms with E-state index in [0.717, 1.165) is 0 Å². The van der Waals surface area contributed by atoms with Gasteiger partial charge >= 0.3 is 0 Å². The maximum atomic E-state index is 14.0. The van der Waals surface area contributed by atoms with Crippen molar-refractivity contribution in [3.63, 3.8) is 0 Å². The smallest absolute Gasteiger partial charge is 0.264 e. The minimum Gasteiger partial charge on any atom is -0.454 e. The maximum Gasteiger partial charge on any atom is 0.264 e. The van der Waals surface area contributed by atoms with Gasteiger partial charge in [0.2, 0.25) is 6.79 Å². The number of hydrogen-bond acceptors (Lipinski definition) is 5. The molecule has 0 saturated heterocycles. The van der Waals surface area contributed by atoms with Crippen LogP contribution in [0.3, 0.4) is 0 Å². The molecule has 0 unspecified atom stereocenters. The number of benzene rings is 3. The summed E-state index contributed by atoms with van der Waals surface area (Å²) in [6, 6.07) is 11.3. The molecule has 0 radical (unpaired) electrons. The zero-order chi connectivity index (χ0) is 22.2. The Kier molecular flexibility index (Phi) is 5.19. The second-order valence-electron chi connectivity index (χ2n) is 6.35. The molecule has 0 bridgehead atoms. The maximum absolute atomic E-state index is 14.0. The Balaban J connectivity index is 1.61. The van der Waals surface area contributed by atoms with E-state index in [4.69, 9.17) is 9.47 Å². The van der Waals surface area contributed by atoms with Crippen molar-refractivity contribution in [3.8, 4) is 11.5 Å². The van der Waals surface area contributed by atoms with Gasteiger partial charge in [-0.25, -0.2) is 21.6 Å². The molecule has 0 aromatic heterocycles. The highest BCUT2D eigenvalue weighted by atomic mass is 32.2. The van der Waals surface area contributed by atoms with E-state index >= 15 is 0 Å². The van der Waals surface area contributed by atoms with Crippen molar-refractivity contribution in [2.75, 3.05) is 16.8 Å². The van der Waals surface area contributed by atoms with E-state index in [2.05, 4.69) is 5.32 Å². The summed E-state index contributed by atoms with van der Waals surface area (Å²) in [5.41, 5.74) is 0.0789. The van der Waals surface area contributed by atoms with E-state index in [0.29, 0.717) is 29.3 Å². The van der Waals surface area contributed by atoms with E-state index < -0.39 is 38.3 Å². The highest BCUT2D eigenvalue weighted by molar-refractivity contribution is 7.92. The third kappa shape index (κ3) is 3.99. The van der Waals surface area contributed by atoms with Crippen molar-refractivity contribution in [2.24, 2.45) is 0 Å². The molecule has 0 spiro atoms. The topological polar surface area (TPSA) is 93.7 Å². The molecule has 1 amide bonds. The molecule has 1 aliphatic heterocycles. The van der Waals surface area contributed by atoms with Crippen molar-refractivity contribution in [1.29, 1.82) is 0 Å². The molecule has 11 heteroatoms. The molecule has 0 fully saturated rings. The molecular formula is C20H13F3N2O5S. The molecule has 0 aliphatic carbocycles. The van der Waals surface area contributed by atoms with Crippen LogP contribution < -0.4 is 19.5 Å². The summed E-state index contributed by atoms with van der Waals surface area (Å²) in [6.07, 6.45) is 0. The van der Waals surface area contributed by atoms with Crippen LogP contribution in [0, 0.1) is 17.5 Å². The van der Waals surface area contributed by atoms with Gasteiger partial charge in [-0.1, -0.05) is 12.1 Å². The van der Waals surface area contributed by atoms with Crippen LogP contribution in [0.1, 0.15) is 10.4 Å². The average molecular weight is 450 g/mol. The van der Waals surface area contributed by atoms with Gasteiger partial charge in [-0.15, -0.1) is 0 Å². The third-order valence-electron chi connectivity index (χ3n) is 4.34. The lowest BCUT2D eigenvalue weighted by Crippen LogP contribution is -2.20. The zero-order valence-electron chi connectivity index (χ0n) is 15.5. The minimum atomic E-state index is -4.67. The Morgan fingerprint density at radius 2 is 1.65 bits per heavy atom. The first-order valence-corrected chi connectivity index (χ1v) is 10.2. The van der Waals surface area contributed by atoms with Crippen molar-refractivity contribution in [1.82, 2.24) is 0 Å². The van der Waals surface area contributed by atoms with Crippen molar-refractivity contribution in [2.45, 2.75) is 4.90 Å². The van der Waals surface area contributed by atoms with Crippen LogP contribution in [0.4, 0.5) is 24.5 Å². The molecule has 3 aromatic carbocycles. The molecule has 0 saturated carbocycles. The molecule has 4 rings (SSSR count). The van der Waals surface area contributed by atoms with Gasteiger partial charge in [-0.2, -0.15) is 0 Å². The fourth-order valence-electron chi connectivity index (χ4n) is 2.86. The molecule has 1 heterocycles. The van der Waals surface area contributed by atoms with E-state index in [1.165, 1.54) is 30.3 Å². The van der Waals surface area contributed by atoms with Crippen molar-refractivity contribution < 1.29 is 35.9 Å². The summed E-state index contributed by atoms with van der Waals surface area (Å²) in [5.74, 6) is -5.05. The number of carbonyl (C=O) groups excluding carboxylic acids is 1. The van der Waals surface area contributed by atoms with Gasteiger partial charge in [0, 0.05) is 11.8 Å². The van der Waals surface area contributed by atoms with Crippen molar-refractivity contribution in [3.05, 3.63) is 77.6 Å². The molecule has 160 valence electrons. The van der Waals surface area contributed by atoms with Crippen LogP contribution in [0.15, 0.2) is 59.5 Å². The van der Waals surface area contributed by atoms with E-state index in [-0.39, 0.29) is 18.0 Å². The van der Waals surface area contributed by atoms with Crippen LogP contribution in [-0.4, -0.2) is 21.1 Å². The predicted molar refractivity (Wildman–Crippen MR) is 104 cm³/mol. The zero-order valence-corrected chi connectivity index (χ0v) is 16.3. The second-order valence-corrected chi connectivity index (χ2v) is 8.00. The van der Waals surface area contributed by atoms with Crippen LogP contribution in [-0.2, 0) is 10.0 Å². The van der Waals surface area contributed by atoms with Gasteiger partial charge in [0.05, 0.1) is 11.3 Å². The number of carbonyl (C=O) groups is 1. The predicted octanol–water partition coefficient (Wildman–Crippen LogP) is 3.89. The Bertz CT molecular complexity index is 1300. The number of anilines is 2. The van der Waals surface area contributed by atoms with Gasteiger partial charge in [-0.05, 0) is 36.4 Å². The molecule has 7 nitrogen and oxygen atoms in total. The van der Waals surface area contributed by atoms with Gasteiger partial charge < -0.3 is 14.8 Å². The lowest BCUT2D eigenvalue weighted by molar-refractivity contribution is 0.102. The normalized spacial score (nSPS) is 12.5. The van der Waals surface area contributed by atoms with Crippen LogP contribution in [0.2, 0.25) is 0 Å². The first-order valence-electron chi connectivity index (χ1n) is 8.72. The Hall–Kier alpha value is -3.73. The van der Waals surface area contributed by atoms with Crippen LogP contribution in [0.5, 0.6) is 11.5 Å². The number of hydrogen-bond donors (Lipinski definition) is 2. The summed E-state index contributed by atoms with van der Waals surface area (Å²) in [7, 11) is -4.67. The Morgan fingerprint density at radius 3 is 2.45 bits per heavy atom. The molecule has 2 N–H and O–H groups in total. The lowest BCUT2D eigenvalue weighted by atomic mass is 10.1. The molecule has 1 aliphatic rings. The fraction of sp³-hybridized carbons (Fsp3) is 0.0500. The van der Waals surface area contributed by atoms with Gasteiger partial charge in [0.25, 0.3) is 15.9 Å². The first-order chi connectivity index (χ1) is 14.8. The van der Waals surface area contributed by atoms with Gasteiger partial charge in [0.15, 0.2) is 29.0 Å². The Labute approximate surface area is 174 Å². The van der Waals surface area contributed by atoms with E-state index in [1.54, 1.807) is 12.1 Å². The van der Waals surface area contributed by atoms with Crippen molar-refractivity contribution >= 4 is 27.3 Å². The average Bonchev–Trinajstić information content (AvgIpc) is 3.20. The molecule has 0 atom stereocenters. The van der Waals surface area contributed by atoms with Crippen LogP contribution in [0.25, 0.3) is 0 Å². The SMILES string of the molecule is O=C(Nc1ccc2c(c1)OCO2)c1ccccc1NS(=O)(=O)c1ccc(F)c(F)c1F. The summed E-state index contributed by atoms with van der Waals surface area (Å²) in [5, 5.41) is 2.59. The molecule has 3 aromatic rings. The first kappa shape index (κ1) is 20.5. The number of sulfonamides is 1. The number of amides is 1. The number of halogens is 3. The summed E-state index contributed by atoms with van der Waals surface area (Å²) in [6.45, 7) is 0.0535. The van der Waals surface area contributed by atoms with Gasteiger partial charge in [0.1, 0.15) is 4.90 Å². The highest BCUT2D eigenvalue weighted by Crippen LogP contribution is 2.34. The number of fused-ring (bicyclic) bond motifs is 1. The monoisotopic (exact) mass is 450 g/mol. The third-order valence-corrected chi connectivity index (χ3v) is 5.72. The quantitative estimate of drug-likeness (QED) is 0.576. The number of rotatable bonds is 5. The number of nitrogens with one attached hydrogen (secondary N) is 2. The number of ether oxygens (including phenoxy) is 2. The summed E-state index contributed by atoms with van der Waals surface area (Å²) >= 11 is 0. The van der Waals surface area contributed by atoms with Gasteiger partial charge in [-0.3, -0.25) is 9.52 Å². The highest BCUT2D eigenvalue weighted by Gasteiger charge is 2.26.